The van der Waals surface area contributed by atoms with Crippen LogP contribution in [0.5, 0.6) is 11.5 Å². The first-order valence-corrected chi connectivity index (χ1v) is 12.4. The molecular formula is C22H24F3N5O11S. The number of esters is 1. The van der Waals surface area contributed by atoms with Crippen LogP contribution in [0.3, 0.4) is 0 Å². The van der Waals surface area contributed by atoms with E-state index in [1.165, 1.54) is 49.6 Å². The number of benzene rings is 2. The van der Waals surface area contributed by atoms with Gasteiger partial charge in [-0.05, 0) is 42.0 Å². The molecule has 2 aromatic rings. The van der Waals surface area contributed by atoms with E-state index < -0.39 is 52.7 Å². The molecule has 0 heterocycles. The lowest BCUT2D eigenvalue weighted by Crippen LogP contribution is -2.47. The second-order valence-corrected chi connectivity index (χ2v) is 9.22. The summed E-state index contributed by atoms with van der Waals surface area (Å²) in [7, 11) is -3.05. The number of carboxylic acids is 3. The van der Waals surface area contributed by atoms with Gasteiger partial charge in [-0.2, -0.15) is 31.0 Å². The number of ether oxygens (including phenoxy) is 2. The first-order chi connectivity index (χ1) is 19.3. The van der Waals surface area contributed by atoms with Crippen molar-refractivity contribution in [3.05, 3.63) is 53.6 Å². The molecule has 0 radical (unpaired) electrons. The van der Waals surface area contributed by atoms with Crippen molar-refractivity contribution in [2.24, 2.45) is 16.5 Å². The number of carboxylic acid groups (broad SMARTS) is 3. The molecule has 1 atom stereocenters. The van der Waals surface area contributed by atoms with E-state index in [1.54, 1.807) is 4.72 Å². The van der Waals surface area contributed by atoms with Crippen LogP contribution in [-0.2, 0) is 31.1 Å². The highest BCUT2D eigenvalue weighted by molar-refractivity contribution is 7.87. The van der Waals surface area contributed by atoms with Crippen LogP contribution in [0.1, 0.15) is 22.3 Å². The molecule has 230 valence electrons. The number of carbonyl (C=O) groups is 4. The van der Waals surface area contributed by atoms with Gasteiger partial charge in [0.2, 0.25) is 0 Å². The maximum Gasteiger partial charge on any atom is 0.490 e. The fourth-order valence-electron chi connectivity index (χ4n) is 2.65. The molecule has 16 nitrogen and oxygen atoms in total. The zero-order valence-corrected chi connectivity index (χ0v) is 22.1. The minimum atomic E-state index is -5.08. The van der Waals surface area contributed by atoms with Gasteiger partial charge in [-0.15, -0.1) is 0 Å². The molecule has 0 bridgehead atoms. The van der Waals surface area contributed by atoms with Crippen LogP contribution in [0.15, 0.2) is 47.5 Å². The predicted octanol–water partition coefficient (Wildman–Crippen LogP) is 0.305. The van der Waals surface area contributed by atoms with Crippen molar-refractivity contribution in [1.29, 1.82) is 0 Å². The molecule has 0 unspecified atom stereocenters. The minimum absolute atomic E-state index is 0.0583. The number of carbonyl (C=O) groups excluding carboxylic acids is 1. The van der Waals surface area contributed by atoms with Gasteiger partial charge in [0.1, 0.15) is 6.04 Å². The Morgan fingerprint density at radius 2 is 1.57 bits per heavy atom. The van der Waals surface area contributed by atoms with Gasteiger partial charge in [-0.1, -0.05) is 6.07 Å². The summed E-state index contributed by atoms with van der Waals surface area (Å²) in [5, 5.41) is 24.8. The summed E-state index contributed by atoms with van der Waals surface area (Å²) in [5.41, 5.74) is 11.6. The first kappa shape index (κ1) is 35.1. The molecule has 0 aromatic heterocycles. The summed E-state index contributed by atoms with van der Waals surface area (Å²) in [5.74, 6) is -6.54. The molecule has 42 heavy (non-hydrogen) atoms. The van der Waals surface area contributed by atoms with Crippen molar-refractivity contribution in [1.82, 2.24) is 9.44 Å². The van der Waals surface area contributed by atoms with Gasteiger partial charge in [0.25, 0.3) is 10.2 Å². The standard InChI is InChI=1S/C20H23N5O9S.C2HF3O2/c1-33-16-8-11(10-23-35(31,32)25-14(18(28)29)9-17(26)27)2-7-15(16)34-19(30)12-3-5-13(6-4-12)24-20(21)22;3-2(4,5)1(6)7/h2-8,14,23,25H,9-10H2,1H3,(H,26,27)(H,28,29)(H4,21,22,24);(H,6,7)/t14-;/m0./s1. The van der Waals surface area contributed by atoms with Crippen molar-refractivity contribution in [2.75, 3.05) is 7.11 Å². The number of rotatable bonds is 12. The third-order valence-electron chi connectivity index (χ3n) is 4.47. The Balaban J connectivity index is 0.00000112. The Bertz CT molecular complexity index is 1430. The SMILES string of the molecule is COc1cc(CNS(=O)(=O)N[C@@H](CC(=O)O)C(=O)O)ccc1OC(=O)c1ccc(N=C(N)N)cc1.O=C(O)C(F)(F)F. The van der Waals surface area contributed by atoms with E-state index in [0.717, 1.165) is 0 Å². The van der Waals surface area contributed by atoms with E-state index in [0.29, 0.717) is 11.3 Å². The number of methoxy groups -OCH3 is 1. The Morgan fingerprint density at radius 3 is 2.02 bits per heavy atom. The highest BCUT2D eigenvalue weighted by atomic mass is 32.2. The number of nitrogens with one attached hydrogen (secondary N) is 2. The molecule has 0 saturated heterocycles. The van der Waals surface area contributed by atoms with Crippen molar-refractivity contribution in [3.63, 3.8) is 0 Å². The van der Waals surface area contributed by atoms with Crippen molar-refractivity contribution >= 4 is 45.7 Å². The lowest BCUT2D eigenvalue weighted by Gasteiger charge is -2.14. The topological polar surface area (TPSA) is 270 Å². The molecule has 0 fully saturated rings. The van der Waals surface area contributed by atoms with E-state index >= 15 is 0 Å². The molecule has 0 aliphatic carbocycles. The van der Waals surface area contributed by atoms with E-state index in [4.69, 9.17) is 41.1 Å². The van der Waals surface area contributed by atoms with Crippen LogP contribution >= 0.6 is 0 Å². The maximum absolute atomic E-state index is 12.4. The molecule has 2 aromatic carbocycles. The van der Waals surface area contributed by atoms with E-state index in [2.05, 4.69) is 9.71 Å². The summed E-state index contributed by atoms with van der Waals surface area (Å²) >= 11 is 0. The fraction of sp³-hybridized carbons (Fsp3) is 0.227. The lowest BCUT2D eigenvalue weighted by molar-refractivity contribution is -0.192. The molecule has 0 amide bonds. The Kier molecular flexibility index (Phi) is 12.7. The number of guanidine groups is 1. The molecule has 9 N–H and O–H groups in total. The van der Waals surface area contributed by atoms with Crippen LogP contribution in [0.2, 0.25) is 0 Å². The van der Waals surface area contributed by atoms with Crippen molar-refractivity contribution in [3.8, 4) is 11.5 Å². The van der Waals surface area contributed by atoms with Gasteiger partial charge in [-0.3, -0.25) is 9.59 Å². The van der Waals surface area contributed by atoms with Crippen LogP contribution in [-0.4, -0.2) is 72.9 Å². The normalized spacial score (nSPS) is 11.7. The highest BCUT2D eigenvalue weighted by Crippen LogP contribution is 2.29. The van der Waals surface area contributed by atoms with Gasteiger partial charge in [0.05, 0.1) is 24.8 Å². The Labute approximate surface area is 234 Å². The molecule has 0 spiro atoms. The van der Waals surface area contributed by atoms with E-state index in [-0.39, 0.29) is 29.6 Å². The zero-order chi connectivity index (χ0) is 32.3. The second-order valence-electron chi connectivity index (χ2n) is 7.69. The second kappa shape index (κ2) is 15.2. The van der Waals surface area contributed by atoms with Gasteiger partial charge in [0.15, 0.2) is 17.5 Å². The third-order valence-corrected chi connectivity index (χ3v) is 5.59. The number of nitrogens with zero attached hydrogens (tertiary/aromatic N) is 1. The number of alkyl halides is 3. The average Bonchev–Trinajstić information content (AvgIpc) is 2.87. The zero-order valence-electron chi connectivity index (χ0n) is 21.3. The van der Waals surface area contributed by atoms with Crippen LogP contribution in [0, 0.1) is 0 Å². The summed E-state index contributed by atoms with van der Waals surface area (Å²) in [6.45, 7) is -0.300. The monoisotopic (exact) mass is 623 g/mol. The van der Waals surface area contributed by atoms with Gasteiger partial charge < -0.3 is 36.3 Å². The van der Waals surface area contributed by atoms with Gasteiger partial charge in [0, 0.05) is 6.54 Å². The molecule has 0 aliphatic heterocycles. The summed E-state index contributed by atoms with van der Waals surface area (Å²) in [6.07, 6.45) is -6.03. The fourth-order valence-corrected chi connectivity index (χ4v) is 3.65. The molecule has 0 aliphatic rings. The number of hydrogen-bond acceptors (Lipinski definition) is 9. The van der Waals surface area contributed by atoms with Crippen LogP contribution < -0.4 is 30.4 Å². The molecular weight excluding hydrogens is 599 g/mol. The lowest BCUT2D eigenvalue weighted by atomic mass is 10.2. The first-order valence-electron chi connectivity index (χ1n) is 10.9. The van der Waals surface area contributed by atoms with Crippen molar-refractivity contribution in [2.45, 2.75) is 25.2 Å². The smallest absolute Gasteiger partial charge is 0.490 e. The third kappa shape index (κ3) is 12.5. The van der Waals surface area contributed by atoms with Gasteiger partial charge >= 0.3 is 30.1 Å². The largest absolute Gasteiger partial charge is 0.493 e. The van der Waals surface area contributed by atoms with Crippen molar-refractivity contribution < 1.29 is 65.6 Å². The van der Waals surface area contributed by atoms with E-state index in [9.17, 15) is 36.0 Å². The number of nitrogens with two attached hydrogens (primary N) is 2. The quantitative estimate of drug-likeness (QED) is 0.0726. The Hall–Kier alpha value is -4.95. The van der Waals surface area contributed by atoms with Crippen LogP contribution in [0.4, 0.5) is 18.9 Å². The summed E-state index contributed by atoms with van der Waals surface area (Å²) in [4.78, 5) is 47.0. The minimum Gasteiger partial charge on any atom is -0.493 e. The van der Waals surface area contributed by atoms with E-state index in [1.807, 2.05) is 0 Å². The summed E-state index contributed by atoms with van der Waals surface area (Å²) < 4.78 is 70.3. The Morgan fingerprint density at radius 1 is 1.00 bits per heavy atom. The van der Waals surface area contributed by atoms with Gasteiger partial charge in [-0.25, -0.2) is 14.6 Å². The molecule has 2 rings (SSSR count). The number of halogens is 3. The number of aliphatic imine (C=N–C) groups is 1. The predicted molar refractivity (Wildman–Crippen MR) is 136 cm³/mol. The number of aliphatic carboxylic acids is 3. The highest BCUT2D eigenvalue weighted by Gasteiger charge is 2.38. The maximum atomic E-state index is 12.4. The average molecular weight is 624 g/mol. The number of hydrogen-bond donors (Lipinski definition) is 7. The summed E-state index contributed by atoms with van der Waals surface area (Å²) in [6, 6.07) is 8.33. The molecule has 20 heteroatoms. The molecule has 0 saturated carbocycles. The van der Waals surface area contributed by atoms with Crippen LogP contribution in [0.25, 0.3) is 0 Å².